The summed E-state index contributed by atoms with van der Waals surface area (Å²) in [5, 5.41) is 24.5. The Morgan fingerprint density at radius 2 is 1.26 bits per heavy atom. The fraction of sp³-hybridized carbons (Fsp3) is 0.222. The van der Waals surface area contributed by atoms with Crippen LogP contribution in [0.3, 0.4) is 0 Å². The molecule has 0 atom stereocenters. The zero-order valence-electron chi connectivity index (χ0n) is 18.4. The lowest BCUT2D eigenvalue weighted by Gasteiger charge is -2.19. The summed E-state index contributed by atoms with van der Waals surface area (Å²) in [4.78, 5) is 0. The molecule has 0 aliphatic carbocycles. The average Bonchev–Trinajstić information content (AvgIpc) is 3.14. The zero-order chi connectivity index (χ0) is 22.2. The Kier molecular flexibility index (Phi) is 5.32. The van der Waals surface area contributed by atoms with Gasteiger partial charge in [-0.3, -0.25) is 0 Å². The van der Waals surface area contributed by atoms with E-state index in [1.807, 2.05) is 28.9 Å². The number of aromatic nitrogens is 2. The Morgan fingerprint density at radius 1 is 0.742 bits per heavy atom. The van der Waals surface area contributed by atoms with E-state index in [0.717, 1.165) is 40.2 Å². The van der Waals surface area contributed by atoms with Crippen LogP contribution in [0.1, 0.15) is 38.8 Å². The van der Waals surface area contributed by atoms with Crippen molar-refractivity contribution in [3.8, 4) is 39.7 Å². The first-order valence-corrected chi connectivity index (χ1v) is 10.6. The first kappa shape index (κ1) is 20.7. The van der Waals surface area contributed by atoms with Crippen LogP contribution in [-0.2, 0) is 11.8 Å². The molecule has 0 amide bonds. The predicted molar refractivity (Wildman–Crippen MR) is 126 cm³/mol. The summed E-state index contributed by atoms with van der Waals surface area (Å²) in [6, 6.07) is 22.9. The summed E-state index contributed by atoms with van der Waals surface area (Å²) in [7, 11) is 0. The smallest absolute Gasteiger partial charge is 0.115 e. The van der Waals surface area contributed by atoms with Crippen molar-refractivity contribution in [1.29, 1.82) is 0 Å². The van der Waals surface area contributed by atoms with Gasteiger partial charge in [0.2, 0.25) is 0 Å². The molecule has 0 bridgehead atoms. The highest BCUT2D eigenvalue weighted by molar-refractivity contribution is 5.76. The fourth-order valence-corrected chi connectivity index (χ4v) is 3.84. The van der Waals surface area contributed by atoms with E-state index in [1.54, 1.807) is 24.3 Å². The fourth-order valence-electron chi connectivity index (χ4n) is 3.84. The standard InChI is InChI=1S/C27H28N2O2/c1-5-24-25(18-6-14-22(30)15-7-18)28-29(26(24)19-8-16-23(31)17-9-19)21-12-10-20(11-13-21)27(2,3)4/h6-17,30-31H,5H2,1-4H3. The van der Waals surface area contributed by atoms with Gasteiger partial charge in [-0.1, -0.05) is 39.8 Å². The maximum absolute atomic E-state index is 9.79. The van der Waals surface area contributed by atoms with Gasteiger partial charge in [-0.25, -0.2) is 4.68 Å². The number of rotatable bonds is 4. The number of benzene rings is 3. The summed E-state index contributed by atoms with van der Waals surface area (Å²) in [6.07, 6.45) is 0.798. The van der Waals surface area contributed by atoms with Crippen LogP contribution in [0.2, 0.25) is 0 Å². The van der Waals surface area contributed by atoms with Crippen molar-refractivity contribution in [2.24, 2.45) is 0 Å². The monoisotopic (exact) mass is 412 g/mol. The van der Waals surface area contributed by atoms with Gasteiger partial charge in [0.05, 0.1) is 17.1 Å². The van der Waals surface area contributed by atoms with Gasteiger partial charge in [0.25, 0.3) is 0 Å². The van der Waals surface area contributed by atoms with Crippen LogP contribution in [0.5, 0.6) is 11.5 Å². The quantitative estimate of drug-likeness (QED) is 0.403. The second-order valence-corrected chi connectivity index (χ2v) is 8.83. The molecule has 1 aromatic heterocycles. The van der Waals surface area contributed by atoms with Crippen molar-refractivity contribution >= 4 is 0 Å². The van der Waals surface area contributed by atoms with Gasteiger partial charge in [-0.2, -0.15) is 5.10 Å². The molecule has 0 aliphatic rings. The van der Waals surface area contributed by atoms with Gasteiger partial charge < -0.3 is 10.2 Å². The molecular formula is C27H28N2O2. The predicted octanol–water partition coefficient (Wildman–Crippen LogP) is 6.48. The van der Waals surface area contributed by atoms with Gasteiger partial charge in [0.1, 0.15) is 11.5 Å². The van der Waals surface area contributed by atoms with Crippen LogP contribution < -0.4 is 0 Å². The Bertz CT molecular complexity index is 1180. The molecule has 0 radical (unpaired) electrons. The molecule has 31 heavy (non-hydrogen) atoms. The van der Waals surface area contributed by atoms with Gasteiger partial charge >= 0.3 is 0 Å². The molecule has 1 heterocycles. The van der Waals surface area contributed by atoms with E-state index < -0.39 is 0 Å². The van der Waals surface area contributed by atoms with E-state index in [0.29, 0.717) is 0 Å². The van der Waals surface area contributed by atoms with E-state index in [9.17, 15) is 10.2 Å². The molecule has 0 saturated heterocycles. The number of phenolic OH excluding ortho intramolecular Hbond substituents is 2. The maximum Gasteiger partial charge on any atom is 0.115 e. The van der Waals surface area contributed by atoms with Crippen LogP contribution in [0, 0.1) is 0 Å². The number of aromatic hydroxyl groups is 2. The van der Waals surface area contributed by atoms with Crippen molar-refractivity contribution in [2.75, 3.05) is 0 Å². The van der Waals surface area contributed by atoms with Crippen molar-refractivity contribution in [1.82, 2.24) is 9.78 Å². The Morgan fingerprint density at radius 3 is 1.74 bits per heavy atom. The lowest BCUT2D eigenvalue weighted by atomic mass is 9.87. The van der Waals surface area contributed by atoms with Crippen molar-refractivity contribution < 1.29 is 10.2 Å². The number of nitrogens with zero attached hydrogens (tertiary/aromatic N) is 2. The van der Waals surface area contributed by atoms with E-state index in [2.05, 4.69) is 52.0 Å². The molecule has 4 nitrogen and oxygen atoms in total. The number of hydrogen-bond donors (Lipinski definition) is 2. The lowest BCUT2D eigenvalue weighted by Crippen LogP contribution is -2.11. The molecule has 0 aliphatic heterocycles. The first-order chi connectivity index (χ1) is 14.8. The Labute approximate surface area is 183 Å². The summed E-state index contributed by atoms with van der Waals surface area (Å²) >= 11 is 0. The molecule has 158 valence electrons. The molecule has 0 unspecified atom stereocenters. The third kappa shape index (κ3) is 4.06. The Balaban J connectivity index is 1.94. The van der Waals surface area contributed by atoms with E-state index in [1.165, 1.54) is 5.56 Å². The Hall–Kier alpha value is -3.53. The summed E-state index contributed by atoms with van der Waals surface area (Å²) in [5.41, 5.74) is 7.30. The first-order valence-electron chi connectivity index (χ1n) is 10.6. The van der Waals surface area contributed by atoms with Crippen molar-refractivity contribution in [3.63, 3.8) is 0 Å². The summed E-state index contributed by atoms with van der Waals surface area (Å²) in [5.74, 6) is 0.471. The highest BCUT2D eigenvalue weighted by Crippen LogP contribution is 2.36. The van der Waals surface area contributed by atoms with E-state index in [4.69, 9.17) is 5.10 Å². The third-order valence-electron chi connectivity index (χ3n) is 5.60. The molecule has 0 saturated carbocycles. The highest BCUT2D eigenvalue weighted by Gasteiger charge is 2.21. The summed E-state index contributed by atoms with van der Waals surface area (Å²) in [6.45, 7) is 8.74. The minimum Gasteiger partial charge on any atom is -0.508 e. The molecule has 0 spiro atoms. The lowest BCUT2D eigenvalue weighted by molar-refractivity contribution is 0.475. The van der Waals surface area contributed by atoms with Crippen LogP contribution in [-0.4, -0.2) is 20.0 Å². The second kappa shape index (κ2) is 7.95. The molecule has 4 aromatic rings. The summed E-state index contributed by atoms with van der Waals surface area (Å²) < 4.78 is 1.99. The SMILES string of the molecule is CCc1c(-c2ccc(O)cc2)nn(-c2ccc(C(C)(C)C)cc2)c1-c1ccc(O)cc1. The van der Waals surface area contributed by atoms with Gasteiger partial charge in [0, 0.05) is 16.7 Å². The normalized spacial score (nSPS) is 11.6. The van der Waals surface area contributed by atoms with Gasteiger partial charge in [-0.15, -0.1) is 0 Å². The van der Waals surface area contributed by atoms with Crippen LogP contribution in [0.25, 0.3) is 28.2 Å². The molecule has 4 heteroatoms. The molecule has 4 rings (SSSR count). The number of phenols is 2. The highest BCUT2D eigenvalue weighted by atomic mass is 16.3. The minimum absolute atomic E-state index is 0.0776. The molecule has 2 N–H and O–H groups in total. The van der Waals surface area contributed by atoms with E-state index >= 15 is 0 Å². The van der Waals surface area contributed by atoms with Crippen molar-refractivity contribution in [2.45, 2.75) is 39.5 Å². The van der Waals surface area contributed by atoms with Gasteiger partial charge in [0.15, 0.2) is 0 Å². The largest absolute Gasteiger partial charge is 0.508 e. The minimum atomic E-state index is 0.0776. The number of hydrogen-bond acceptors (Lipinski definition) is 3. The third-order valence-corrected chi connectivity index (χ3v) is 5.60. The van der Waals surface area contributed by atoms with Gasteiger partial charge in [-0.05, 0) is 78.1 Å². The molecular weight excluding hydrogens is 384 g/mol. The maximum atomic E-state index is 9.79. The van der Waals surface area contributed by atoms with Crippen LogP contribution in [0.4, 0.5) is 0 Å². The van der Waals surface area contributed by atoms with Crippen LogP contribution in [0.15, 0.2) is 72.8 Å². The van der Waals surface area contributed by atoms with E-state index in [-0.39, 0.29) is 16.9 Å². The zero-order valence-corrected chi connectivity index (χ0v) is 18.4. The second-order valence-electron chi connectivity index (χ2n) is 8.83. The van der Waals surface area contributed by atoms with Crippen molar-refractivity contribution in [3.05, 3.63) is 83.9 Å². The average molecular weight is 413 g/mol. The van der Waals surface area contributed by atoms with Crippen LogP contribution >= 0.6 is 0 Å². The molecule has 0 fully saturated rings. The molecule has 3 aromatic carbocycles. The topological polar surface area (TPSA) is 58.3 Å².